The summed E-state index contributed by atoms with van der Waals surface area (Å²) >= 11 is 7.69. The molecule has 0 aliphatic rings. The zero-order chi connectivity index (χ0) is 12.3. The Kier molecular flexibility index (Phi) is 3.99. The highest BCUT2D eigenvalue weighted by Gasteiger charge is 2.08. The number of thiazole rings is 1. The molecule has 1 heterocycles. The Morgan fingerprint density at radius 1 is 1.47 bits per heavy atom. The Hall–Kier alpha value is -1.10. The van der Waals surface area contributed by atoms with Gasteiger partial charge < -0.3 is 10.5 Å². The van der Waals surface area contributed by atoms with E-state index in [0.29, 0.717) is 23.9 Å². The second kappa shape index (κ2) is 5.49. The summed E-state index contributed by atoms with van der Waals surface area (Å²) in [5, 5.41) is 3.59. The van der Waals surface area contributed by atoms with Gasteiger partial charge in [0.05, 0.1) is 15.7 Å². The van der Waals surface area contributed by atoms with Crippen LogP contribution in [0.15, 0.2) is 23.6 Å². The summed E-state index contributed by atoms with van der Waals surface area (Å²) in [4.78, 5) is 4.33. The molecule has 0 saturated heterocycles. The minimum absolute atomic E-state index is 0.409. The third kappa shape index (κ3) is 2.97. The predicted molar refractivity (Wildman–Crippen MR) is 70.5 cm³/mol. The molecular weight excluding hydrogens is 256 g/mol. The van der Waals surface area contributed by atoms with Crippen LogP contribution < -0.4 is 10.5 Å². The lowest BCUT2D eigenvalue weighted by molar-refractivity contribution is 0.299. The van der Waals surface area contributed by atoms with Crippen LogP contribution in [0.25, 0.3) is 0 Å². The molecule has 5 heteroatoms. The first-order valence-corrected chi connectivity index (χ1v) is 6.47. The first kappa shape index (κ1) is 12.4. The Bertz CT molecular complexity index is 513. The number of aryl methyl sites for hydroxylation is 1. The van der Waals surface area contributed by atoms with Crippen molar-refractivity contribution in [2.45, 2.75) is 20.1 Å². The molecule has 0 amide bonds. The standard InChI is InChI=1S/C12H13ClN2OS/c1-8-15-10(7-17-8)6-16-12-9(5-14)3-2-4-11(12)13/h2-4,7H,5-6,14H2,1H3. The number of ether oxygens (including phenoxy) is 1. The van der Waals surface area contributed by atoms with Gasteiger partial charge in [-0.25, -0.2) is 4.98 Å². The summed E-state index contributed by atoms with van der Waals surface area (Å²) in [5.41, 5.74) is 7.46. The molecule has 0 saturated carbocycles. The van der Waals surface area contributed by atoms with Crippen molar-refractivity contribution < 1.29 is 4.74 Å². The number of rotatable bonds is 4. The van der Waals surface area contributed by atoms with E-state index in [1.54, 1.807) is 17.4 Å². The number of nitrogens with two attached hydrogens (primary N) is 1. The monoisotopic (exact) mass is 268 g/mol. The maximum absolute atomic E-state index is 6.08. The molecular formula is C12H13ClN2OS. The normalized spacial score (nSPS) is 10.5. The smallest absolute Gasteiger partial charge is 0.142 e. The minimum Gasteiger partial charge on any atom is -0.485 e. The largest absolute Gasteiger partial charge is 0.485 e. The van der Waals surface area contributed by atoms with Gasteiger partial charge in [-0.05, 0) is 13.0 Å². The maximum atomic E-state index is 6.08. The molecule has 90 valence electrons. The molecule has 2 aromatic rings. The Morgan fingerprint density at radius 3 is 2.94 bits per heavy atom. The quantitative estimate of drug-likeness (QED) is 0.927. The van der Waals surface area contributed by atoms with Crippen molar-refractivity contribution in [3.8, 4) is 5.75 Å². The van der Waals surface area contributed by atoms with Gasteiger partial charge in [0.15, 0.2) is 0 Å². The molecule has 17 heavy (non-hydrogen) atoms. The number of aromatic nitrogens is 1. The van der Waals surface area contributed by atoms with E-state index in [1.165, 1.54) is 0 Å². The molecule has 0 bridgehead atoms. The van der Waals surface area contributed by atoms with Crippen LogP contribution in [-0.2, 0) is 13.2 Å². The average molecular weight is 269 g/mol. The number of hydrogen-bond acceptors (Lipinski definition) is 4. The number of benzene rings is 1. The van der Waals surface area contributed by atoms with E-state index in [0.717, 1.165) is 16.3 Å². The van der Waals surface area contributed by atoms with Crippen LogP contribution in [0.1, 0.15) is 16.3 Å². The molecule has 0 unspecified atom stereocenters. The molecule has 0 atom stereocenters. The number of halogens is 1. The van der Waals surface area contributed by atoms with Crippen molar-refractivity contribution in [3.63, 3.8) is 0 Å². The molecule has 0 aliphatic carbocycles. The van der Waals surface area contributed by atoms with Gasteiger partial charge in [0.2, 0.25) is 0 Å². The third-order valence-corrected chi connectivity index (χ3v) is 3.42. The zero-order valence-electron chi connectivity index (χ0n) is 9.44. The summed E-state index contributed by atoms with van der Waals surface area (Å²) in [7, 11) is 0. The topological polar surface area (TPSA) is 48.1 Å². The Balaban J connectivity index is 2.13. The van der Waals surface area contributed by atoms with Crippen LogP contribution in [0.3, 0.4) is 0 Å². The van der Waals surface area contributed by atoms with E-state index in [1.807, 2.05) is 24.4 Å². The lowest BCUT2D eigenvalue weighted by Gasteiger charge is -2.10. The van der Waals surface area contributed by atoms with Crippen LogP contribution in [0, 0.1) is 6.92 Å². The van der Waals surface area contributed by atoms with Crippen molar-refractivity contribution in [2.24, 2.45) is 5.73 Å². The highest BCUT2D eigenvalue weighted by atomic mass is 35.5. The second-order valence-corrected chi connectivity index (χ2v) is 5.05. The van der Waals surface area contributed by atoms with Crippen molar-refractivity contribution in [2.75, 3.05) is 0 Å². The van der Waals surface area contributed by atoms with Gasteiger partial charge in [-0.1, -0.05) is 23.7 Å². The fraction of sp³-hybridized carbons (Fsp3) is 0.250. The Labute approximate surface area is 109 Å². The maximum Gasteiger partial charge on any atom is 0.142 e. The highest BCUT2D eigenvalue weighted by molar-refractivity contribution is 7.09. The first-order valence-electron chi connectivity index (χ1n) is 5.22. The molecule has 1 aromatic heterocycles. The minimum atomic E-state index is 0.409. The second-order valence-electron chi connectivity index (χ2n) is 3.58. The van der Waals surface area contributed by atoms with Gasteiger partial charge in [-0.2, -0.15) is 0 Å². The van der Waals surface area contributed by atoms with Gasteiger partial charge in [0.25, 0.3) is 0 Å². The van der Waals surface area contributed by atoms with Gasteiger partial charge in [0.1, 0.15) is 12.4 Å². The van der Waals surface area contributed by atoms with Crippen molar-refractivity contribution in [1.29, 1.82) is 0 Å². The summed E-state index contributed by atoms with van der Waals surface area (Å²) in [5.74, 6) is 0.655. The SMILES string of the molecule is Cc1nc(COc2c(Cl)cccc2CN)cs1. The van der Waals surface area contributed by atoms with E-state index in [2.05, 4.69) is 4.98 Å². The van der Waals surface area contributed by atoms with Gasteiger partial charge in [-0.15, -0.1) is 11.3 Å². The number of hydrogen-bond donors (Lipinski definition) is 1. The van der Waals surface area contributed by atoms with Crippen LogP contribution in [0.5, 0.6) is 5.75 Å². The number of nitrogens with zero attached hydrogens (tertiary/aromatic N) is 1. The third-order valence-electron chi connectivity index (χ3n) is 2.30. The average Bonchev–Trinajstić information content (AvgIpc) is 2.73. The van der Waals surface area contributed by atoms with E-state index >= 15 is 0 Å². The summed E-state index contributed by atoms with van der Waals surface area (Å²) in [6.45, 7) is 2.79. The summed E-state index contributed by atoms with van der Waals surface area (Å²) < 4.78 is 5.69. The summed E-state index contributed by atoms with van der Waals surface area (Å²) in [6.07, 6.45) is 0. The van der Waals surface area contributed by atoms with E-state index in [4.69, 9.17) is 22.1 Å². The van der Waals surface area contributed by atoms with Gasteiger partial charge in [-0.3, -0.25) is 0 Å². The molecule has 0 fully saturated rings. The van der Waals surface area contributed by atoms with Crippen LogP contribution in [-0.4, -0.2) is 4.98 Å². The fourth-order valence-corrected chi connectivity index (χ4v) is 2.34. The molecule has 2 rings (SSSR count). The lowest BCUT2D eigenvalue weighted by Crippen LogP contribution is -2.03. The fourth-order valence-electron chi connectivity index (χ4n) is 1.50. The van der Waals surface area contributed by atoms with Gasteiger partial charge in [0, 0.05) is 17.5 Å². The number of para-hydroxylation sites is 1. The van der Waals surface area contributed by atoms with Crippen molar-refractivity contribution >= 4 is 22.9 Å². The zero-order valence-corrected chi connectivity index (χ0v) is 11.0. The van der Waals surface area contributed by atoms with Crippen molar-refractivity contribution in [1.82, 2.24) is 4.98 Å². The molecule has 0 aliphatic heterocycles. The van der Waals surface area contributed by atoms with Crippen LogP contribution in [0.4, 0.5) is 0 Å². The van der Waals surface area contributed by atoms with Gasteiger partial charge >= 0.3 is 0 Å². The van der Waals surface area contributed by atoms with E-state index < -0.39 is 0 Å². The first-order chi connectivity index (χ1) is 8.20. The predicted octanol–water partition coefficient (Wildman–Crippen LogP) is 3.14. The highest BCUT2D eigenvalue weighted by Crippen LogP contribution is 2.29. The summed E-state index contributed by atoms with van der Waals surface area (Å²) in [6, 6.07) is 5.57. The molecule has 2 N–H and O–H groups in total. The van der Waals surface area contributed by atoms with Crippen LogP contribution in [0.2, 0.25) is 5.02 Å². The molecule has 1 aromatic carbocycles. The van der Waals surface area contributed by atoms with E-state index in [-0.39, 0.29) is 0 Å². The molecule has 0 spiro atoms. The lowest BCUT2D eigenvalue weighted by atomic mass is 10.2. The van der Waals surface area contributed by atoms with Crippen molar-refractivity contribution in [3.05, 3.63) is 44.9 Å². The Morgan fingerprint density at radius 2 is 2.29 bits per heavy atom. The van der Waals surface area contributed by atoms with E-state index in [9.17, 15) is 0 Å². The molecule has 3 nitrogen and oxygen atoms in total. The van der Waals surface area contributed by atoms with Crippen LogP contribution >= 0.6 is 22.9 Å². The molecule has 0 radical (unpaired) electrons.